The minimum absolute atomic E-state index is 0.0238. The highest BCUT2D eigenvalue weighted by molar-refractivity contribution is 6.17. The molecule has 0 bridgehead atoms. The maximum absolute atomic E-state index is 13.1. The van der Waals surface area contributed by atoms with Gasteiger partial charge in [0.25, 0.3) is 0 Å². The van der Waals surface area contributed by atoms with Gasteiger partial charge < -0.3 is 19.2 Å². The molecule has 0 saturated carbocycles. The summed E-state index contributed by atoms with van der Waals surface area (Å²) in [6.07, 6.45) is 0. The summed E-state index contributed by atoms with van der Waals surface area (Å²) in [5.41, 5.74) is -1.86. The molecule has 2 unspecified atom stereocenters. The predicted molar refractivity (Wildman–Crippen MR) is 89.4 cm³/mol. The second kappa shape index (κ2) is 5.29. The van der Waals surface area contributed by atoms with Gasteiger partial charge in [-0.05, 0) is 18.6 Å². The fraction of sp³-hybridized carbons (Fsp3) is 0.222. The predicted octanol–water partition coefficient (Wildman–Crippen LogP) is 1.35. The average molecular weight is 354 g/mol. The number of carbonyl (C=O) groups excluding carboxylic acids is 2. The molecule has 2 aliphatic rings. The van der Waals surface area contributed by atoms with Crippen molar-refractivity contribution in [2.24, 2.45) is 5.92 Å². The van der Waals surface area contributed by atoms with Gasteiger partial charge in [-0.1, -0.05) is 18.2 Å². The Labute approximate surface area is 147 Å². The fourth-order valence-electron chi connectivity index (χ4n) is 3.75. The number of aryl methyl sites for hydroxylation is 1. The molecule has 2 N–H and O–H groups in total. The lowest BCUT2D eigenvalue weighted by atomic mass is 9.65. The van der Waals surface area contributed by atoms with Crippen LogP contribution >= 0.6 is 0 Å². The summed E-state index contributed by atoms with van der Waals surface area (Å²) in [6.45, 7) is 1.55. The first kappa shape index (κ1) is 16.1. The molecule has 4 rings (SSSR count). The van der Waals surface area contributed by atoms with Gasteiger partial charge in [0, 0.05) is 11.8 Å². The van der Waals surface area contributed by atoms with Crippen LogP contribution < -0.4 is 15.7 Å². The lowest BCUT2D eigenvalue weighted by Gasteiger charge is -2.37. The maximum Gasteiger partial charge on any atom is 0.344 e. The summed E-state index contributed by atoms with van der Waals surface area (Å²) in [4.78, 5) is 38.4. The molecule has 3 heterocycles. The first-order chi connectivity index (χ1) is 12.4. The Morgan fingerprint density at radius 2 is 2.04 bits per heavy atom. The zero-order valence-electron chi connectivity index (χ0n) is 13.9. The summed E-state index contributed by atoms with van der Waals surface area (Å²) >= 11 is 0. The Kier molecular flexibility index (Phi) is 3.27. The van der Waals surface area contributed by atoms with E-state index >= 15 is 0 Å². The summed E-state index contributed by atoms with van der Waals surface area (Å²) in [7, 11) is 1.15. The number of methoxy groups -OCH3 is 1. The van der Waals surface area contributed by atoms with Crippen molar-refractivity contribution in [1.29, 1.82) is 5.41 Å². The standard InChI is InChI=1S/C18H14N2O6/c1-8-7-11-12(16(22)25-8)18(13(14(19)26-11)15(21)24-2)9-5-3-4-6-10(9)20-17(18)23/h3-7,13,19H,1-2H3,(H,20,23). The minimum Gasteiger partial charge on any atom is -0.468 e. The molecule has 0 radical (unpaired) electrons. The Balaban J connectivity index is 2.17. The van der Waals surface area contributed by atoms with Gasteiger partial charge >= 0.3 is 11.6 Å². The number of rotatable bonds is 1. The van der Waals surface area contributed by atoms with Crippen molar-refractivity contribution in [3.63, 3.8) is 0 Å². The zero-order chi connectivity index (χ0) is 18.6. The highest BCUT2D eigenvalue weighted by Gasteiger charge is 2.64. The van der Waals surface area contributed by atoms with Crippen molar-refractivity contribution in [3.8, 4) is 5.75 Å². The number of benzene rings is 1. The normalized spacial score (nSPS) is 23.1. The molecule has 0 aliphatic carbocycles. The molecule has 1 amide bonds. The molecule has 2 aliphatic heterocycles. The Bertz CT molecular complexity index is 1040. The SMILES string of the molecule is COC(=O)C1C(=N)Oc2cc(C)oc(=O)c2C12C(=O)Nc1ccccc12. The van der Waals surface area contributed by atoms with Crippen LogP contribution in [-0.2, 0) is 19.7 Å². The maximum atomic E-state index is 13.1. The number of ether oxygens (including phenoxy) is 2. The number of amides is 1. The Morgan fingerprint density at radius 3 is 2.77 bits per heavy atom. The van der Waals surface area contributed by atoms with Gasteiger partial charge in [0.05, 0.1) is 7.11 Å². The van der Waals surface area contributed by atoms with E-state index in [1.165, 1.54) is 6.07 Å². The van der Waals surface area contributed by atoms with E-state index in [1.807, 2.05) is 0 Å². The number of para-hydroxylation sites is 1. The minimum atomic E-state index is -1.79. The smallest absolute Gasteiger partial charge is 0.344 e. The van der Waals surface area contributed by atoms with Gasteiger partial charge in [0.15, 0.2) is 5.92 Å². The zero-order valence-corrected chi connectivity index (χ0v) is 13.9. The molecular formula is C18H14N2O6. The number of hydrogen-bond donors (Lipinski definition) is 2. The van der Waals surface area contributed by atoms with Crippen molar-refractivity contribution in [3.05, 3.63) is 57.6 Å². The number of hydrogen-bond acceptors (Lipinski definition) is 7. The monoisotopic (exact) mass is 354 g/mol. The molecule has 26 heavy (non-hydrogen) atoms. The van der Waals surface area contributed by atoms with Crippen molar-refractivity contribution in [1.82, 2.24) is 0 Å². The highest BCUT2D eigenvalue weighted by Crippen LogP contribution is 2.52. The summed E-state index contributed by atoms with van der Waals surface area (Å²) in [6, 6.07) is 8.11. The second-order valence-corrected chi connectivity index (χ2v) is 6.11. The van der Waals surface area contributed by atoms with E-state index in [9.17, 15) is 14.4 Å². The third-order valence-corrected chi connectivity index (χ3v) is 4.74. The van der Waals surface area contributed by atoms with Crippen molar-refractivity contribution in [2.75, 3.05) is 12.4 Å². The number of anilines is 1. The highest BCUT2D eigenvalue weighted by atomic mass is 16.5. The third-order valence-electron chi connectivity index (χ3n) is 4.74. The van der Waals surface area contributed by atoms with E-state index in [0.29, 0.717) is 11.3 Å². The molecule has 8 heteroatoms. The lowest BCUT2D eigenvalue weighted by Crippen LogP contribution is -2.56. The first-order valence-electron chi connectivity index (χ1n) is 7.81. The van der Waals surface area contributed by atoms with Crippen LogP contribution in [0.2, 0.25) is 0 Å². The molecule has 8 nitrogen and oxygen atoms in total. The molecule has 1 spiro atoms. The molecule has 0 saturated heterocycles. The second-order valence-electron chi connectivity index (χ2n) is 6.11. The van der Waals surface area contributed by atoms with Crippen molar-refractivity contribution in [2.45, 2.75) is 12.3 Å². The molecule has 2 atom stereocenters. The van der Waals surface area contributed by atoms with Gasteiger partial charge in [-0.3, -0.25) is 15.0 Å². The van der Waals surface area contributed by atoms with E-state index in [0.717, 1.165) is 7.11 Å². The molecule has 2 aromatic rings. The van der Waals surface area contributed by atoms with Crippen LogP contribution in [0.4, 0.5) is 5.69 Å². The van der Waals surface area contributed by atoms with E-state index in [2.05, 4.69) is 5.32 Å². The van der Waals surface area contributed by atoms with E-state index < -0.39 is 34.7 Å². The summed E-state index contributed by atoms with van der Waals surface area (Å²) in [5.74, 6) is -3.10. The van der Waals surface area contributed by atoms with Crippen LogP contribution in [0.3, 0.4) is 0 Å². The molecular weight excluding hydrogens is 340 g/mol. The molecule has 1 aromatic heterocycles. The summed E-state index contributed by atoms with van der Waals surface area (Å²) in [5, 5.41) is 10.9. The van der Waals surface area contributed by atoms with Crippen LogP contribution in [-0.4, -0.2) is 24.9 Å². The number of nitrogens with one attached hydrogen (secondary N) is 2. The largest absolute Gasteiger partial charge is 0.468 e. The third kappa shape index (κ3) is 1.83. The fourth-order valence-corrected chi connectivity index (χ4v) is 3.75. The lowest BCUT2D eigenvalue weighted by molar-refractivity contribution is -0.147. The molecule has 0 fully saturated rings. The van der Waals surface area contributed by atoms with Crippen LogP contribution in [0.5, 0.6) is 5.75 Å². The Morgan fingerprint density at radius 1 is 1.31 bits per heavy atom. The van der Waals surface area contributed by atoms with Gasteiger partial charge in [0.1, 0.15) is 22.5 Å². The van der Waals surface area contributed by atoms with Gasteiger partial charge in [-0.25, -0.2) is 4.79 Å². The van der Waals surface area contributed by atoms with Gasteiger partial charge in [-0.15, -0.1) is 0 Å². The van der Waals surface area contributed by atoms with Crippen LogP contribution in [0.25, 0.3) is 0 Å². The quantitative estimate of drug-likeness (QED) is 0.746. The molecule has 132 valence electrons. The van der Waals surface area contributed by atoms with Crippen LogP contribution in [0, 0.1) is 18.3 Å². The van der Waals surface area contributed by atoms with Gasteiger partial charge in [0.2, 0.25) is 11.8 Å². The van der Waals surface area contributed by atoms with Gasteiger partial charge in [-0.2, -0.15) is 0 Å². The first-order valence-corrected chi connectivity index (χ1v) is 7.81. The van der Waals surface area contributed by atoms with E-state index in [-0.39, 0.29) is 17.1 Å². The van der Waals surface area contributed by atoms with Crippen LogP contribution in [0.1, 0.15) is 16.9 Å². The molecule has 1 aromatic carbocycles. The van der Waals surface area contributed by atoms with E-state index in [4.69, 9.17) is 19.3 Å². The Hall–Kier alpha value is -3.42. The topological polar surface area (TPSA) is 119 Å². The van der Waals surface area contributed by atoms with Crippen molar-refractivity contribution < 1.29 is 23.5 Å². The average Bonchev–Trinajstić information content (AvgIpc) is 2.86. The van der Waals surface area contributed by atoms with Crippen LogP contribution in [0.15, 0.2) is 39.5 Å². The number of carbonyl (C=O) groups is 2. The van der Waals surface area contributed by atoms with Crippen molar-refractivity contribution >= 4 is 23.5 Å². The number of fused-ring (bicyclic) bond motifs is 4. The number of esters is 1. The summed E-state index contributed by atoms with van der Waals surface area (Å²) < 4.78 is 15.4. The van der Waals surface area contributed by atoms with E-state index in [1.54, 1.807) is 31.2 Å².